The van der Waals surface area contributed by atoms with Crippen LogP contribution in [0.2, 0.25) is 0 Å². The molecule has 0 saturated heterocycles. The van der Waals surface area contributed by atoms with E-state index in [0.717, 1.165) is 37.4 Å². The van der Waals surface area contributed by atoms with Crippen LogP contribution in [-0.2, 0) is 6.54 Å². The number of nitrogens with zero attached hydrogens (tertiary/aromatic N) is 3. The lowest BCUT2D eigenvalue weighted by atomic mass is 9.99. The number of nitrogens with one attached hydrogen (secondary N) is 2. The predicted octanol–water partition coefficient (Wildman–Crippen LogP) is 4.30. The zero-order valence-electron chi connectivity index (χ0n) is 14.3. The van der Waals surface area contributed by atoms with Gasteiger partial charge in [0.1, 0.15) is 5.65 Å². The van der Waals surface area contributed by atoms with Crippen LogP contribution in [0.3, 0.4) is 0 Å². The Balaban J connectivity index is 1.34. The second-order valence-corrected chi connectivity index (χ2v) is 7.38. The predicted molar refractivity (Wildman–Crippen MR) is 106 cm³/mol. The summed E-state index contributed by atoms with van der Waals surface area (Å²) >= 11 is 1.71. The second kappa shape index (κ2) is 6.55. The third-order valence-corrected chi connectivity index (χ3v) is 5.70. The molecule has 0 bridgehead atoms. The Kier molecular flexibility index (Phi) is 3.92. The van der Waals surface area contributed by atoms with Gasteiger partial charge in [-0.05, 0) is 35.6 Å². The fourth-order valence-corrected chi connectivity index (χ4v) is 4.30. The first-order valence-corrected chi connectivity index (χ1v) is 9.71. The van der Waals surface area contributed by atoms with Gasteiger partial charge in [0.25, 0.3) is 0 Å². The number of fused-ring (bicyclic) bond motifs is 1. The van der Waals surface area contributed by atoms with E-state index in [1.54, 1.807) is 11.3 Å². The van der Waals surface area contributed by atoms with E-state index in [1.807, 2.05) is 18.5 Å². The Labute approximate surface area is 155 Å². The minimum atomic E-state index is 0.918. The lowest BCUT2D eigenvalue weighted by molar-refractivity contribution is 0.294. The van der Waals surface area contributed by atoms with Crippen molar-refractivity contribution in [3.63, 3.8) is 0 Å². The molecule has 4 aromatic rings. The molecule has 6 heteroatoms. The van der Waals surface area contributed by atoms with E-state index in [2.05, 4.69) is 60.2 Å². The lowest BCUT2D eigenvalue weighted by Gasteiger charge is -2.26. The van der Waals surface area contributed by atoms with Crippen LogP contribution in [0.1, 0.15) is 17.5 Å². The number of H-pyrrole nitrogens is 2. The van der Waals surface area contributed by atoms with E-state index in [-0.39, 0.29) is 0 Å². The summed E-state index contributed by atoms with van der Waals surface area (Å²) in [7, 11) is 0. The molecule has 0 atom stereocenters. The first-order chi connectivity index (χ1) is 12.9. The fourth-order valence-electron chi connectivity index (χ4n) is 3.65. The minimum absolute atomic E-state index is 0.918. The highest BCUT2D eigenvalue weighted by molar-refractivity contribution is 7.08. The van der Waals surface area contributed by atoms with Crippen molar-refractivity contribution in [3.05, 3.63) is 64.8 Å². The maximum absolute atomic E-state index is 4.39. The number of aromatic nitrogens is 4. The molecule has 1 aliphatic heterocycles. The Morgan fingerprint density at radius 2 is 2.27 bits per heavy atom. The van der Waals surface area contributed by atoms with Gasteiger partial charge in [0.15, 0.2) is 0 Å². The summed E-state index contributed by atoms with van der Waals surface area (Å²) in [6.07, 6.45) is 9.27. The van der Waals surface area contributed by atoms with E-state index in [1.165, 1.54) is 27.6 Å². The number of aromatic amines is 2. The van der Waals surface area contributed by atoms with Crippen LogP contribution in [0, 0.1) is 0 Å². The zero-order chi connectivity index (χ0) is 17.3. The highest BCUT2D eigenvalue weighted by Crippen LogP contribution is 2.30. The van der Waals surface area contributed by atoms with E-state index in [4.69, 9.17) is 0 Å². The normalized spacial score (nSPS) is 15.5. The molecule has 0 unspecified atom stereocenters. The molecule has 0 spiro atoms. The highest BCUT2D eigenvalue weighted by atomic mass is 32.1. The molecule has 5 nitrogen and oxygen atoms in total. The Morgan fingerprint density at radius 3 is 3.12 bits per heavy atom. The van der Waals surface area contributed by atoms with Crippen LogP contribution >= 0.6 is 11.3 Å². The molecule has 1 aliphatic rings. The van der Waals surface area contributed by atoms with E-state index < -0.39 is 0 Å². The fraction of sp³-hybridized carbons (Fsp3) is 0.200. The van der Waals surface area contributed by atoms with Gasteiger partial charge in [-0.25, -0.2) is 4.98 Å². The third-order valence-electron chi connectivity index (χ3n) is 5.01. The van der Waals surface area contributed by atoms with Gasteiger partial charge in [0.2, 0.25) is 0 Å². The molecule has 0 aromatic carbocycles. The number of thiophene rings is 1. The van der Waals surface area contributed by atoms with Gasteiger partial charge in [-0.3, -0.25) is 10.00 Å². The monoisotopic (exact) mass is 361 g/mol. The minimum Gasteiger partial charge on any atom is -0.346 e. The number of rotatable bonds is 4. The van der Waals surface area contributed by atoms with Crippen LogP contribution < -0.4 is 0 Å². The molecule has 0 aliphatic carbocycles. The lowest BCUT2D eigenvalue weighted by Crippen LogP contribution is -2.28. The molecule has 26 heavy (non-hydrogen) atoms. The summed E-state index contributed by atoms with van der Waals surface area (Å²) in [5.41, 5.74) is 7.28. The average molecular weight is 361 g/mol. The largest absolute Gasteiger partial charge is 0.346 e. The van der Waals surface area contributed by atoms with Crippen molar-refractivity contribution >= 4 is 27.9 Å². The average Bonchev–Trinajstić information content (AvgIpc) is 3.43. The van der Waals surface area contributed by atoms with Crippen LogP contribution in [0.4, 0.5) is 0 Å². The van der Waals surface area contributed by atoms with E-state index in [0.29, 0.717) is 0 Å². The van der Waals surface area contributed by atoms with Gasteiger partial charge in [-0.2, -0.15) is 16.4 Å². The van der Waals surface area contributed by atoms with E-state index >= 15 is 0 Å². The molecule has 0 fully saturated rings. The van der Waals surface area contributed by atoms with Crippen molar-refractivity contribution < 1.29 is 0 Å². The van der Waals surface area contributed by atoms with Crippen molar-refractivity contribution in [1.82, 2.24) is 25.1 Å². The zero-order valence-corrected chi connectivity index (χ0v) is 15.1. The summed E-state index contributed by atoms with van der Waals surface area (Å²) in [6, 6.07) is 6.28. The van der Waals surface area contributed by atoms with Gasteiger partial charge >= 0.3 is 0 Å². The third kappa shape index (κ3) is 2.77. The summed E-state index contributed by atoms with van der Waals surface area (Å²) < 4.78 is 0. The van der Waals surface area contributed by atoms with Crippen molar-refractivity contribution in [2.45, 2.75) is 13.0 Å². The number of pyridine rings is 1. The Hall–Kier alpha value is -2.70. The van der Waals surface area contributed by atoms with Gasteiger partial charge in [-0.15, -0.1) is 0 Å². The Bertz CT molecular complexity index is 1060. The van der Waals surface area contributed by atoms with Crippen molar-refractivity contribution in [1.29, 1.82) is 0 Å². The standard InChI is InChI=1S/C20H19N5S/c1-2-17-18(11-22-20(17)21-6-1)14-3-7-25(8-4-14)12-16-10-23-24-19(16)15-5-9-26-13-15/h1-3,5-6,9-11,13H,4,7-8,12H2,(H,21,22)(H,23,24). The van der Waals surface area contributed by atoms with Gasteiger partial charge in [-0.1, -0.05) is 6.08 Å². The van der Waals surface area contributed by atoms with Crippen molar-refractivity contribution in [2.75, 3.05) is 13.1 Å². The topological polar surface area (TPSA) is 60.6 Å². The number of hydrogen-bond donors (Lipinski definition) is 2. The van der Waals surface area contributed by atoms with Crippen LogP contribution in [-0.4, -0.2) is 38.2 Å². The summed E-state index contributed by atoms with van der Waals surface area (Å²) in [5, 5.41) is 12.9. The van der Waals surface area contributed by atoms with Gasteiger partial charge in [0.05, 0.1) is 11.9 Å². The molecular weight excluding hydrogens is 342 g/mol. The second-order valence-electron chi connectivity index (χ2n) is 6.60. The molecule has 0 radical (unpaired) electrons. The number of hydrogen-bond acceptors (Lipinski definition) is 4. The maximum Gasteiger partial charge on any atom is 0.137 e. The molecule has 0 amide bonds. The van der Waals surface area contributed by atoms with Crippen molar-refractivity contribution in [3.8, 4) is 11.3 Å². The van der Waals surface area contributed by atoms with Gasteiger partial charge in [0, 0.05) is 59.5 Å². The van der Waals surface area contributed by atoms with Crippen molar-refractivity contribution in [2.24, 2.45) is 0 Å². The van der Waals surface area contributed by atoms with Gasteiger partial charge < -0.3 is 4.98 Å². The Morgan fingerprint density at radius 1 is 1.27 bits per heavy atom. The first kappa shape index (κ1) is 15.5. The molecule has 0 saturated carbocycles. The summed E-state index contributed by atoms with van der Waals surface area (Å²) in [5.74, 6) is 0. The van der Waals surface area contributed by atoms with E-state index in [9.17, 15) is 0 Å². The highest BCUT2D eigenvalue weighted by Gasteiger charge is 2.18. The molecule has 130 valence electrons. The first-order valence-electron chi connectivity index (χ1n) is 8.77. The van der Waals surface area contributed by atoms with Crippen LogP contribution in [0.15, 0.2) is 53.6 Å². The quantitative estimate of drug-likeness (QED) is 0.570. The van der Waals surface area contributed by atoms with Crippen LogP contribution in [0.5, 0.6) is 0 Å². The summed E-state index contributed by atoms with van der Waals surface area (Å²) in [6.45, 7) is 2.92. The smallest absolute Gasteiger partial charge is 0.137 e. The SMILES string of the molecule is C1=C(c2c[nH]c3ncccc23)CCN(Cc2cn[nH]c2-c2ccsc2)C1. The molecule has 5 rings (SSSR count). The molecular formula is C20H19N5S. The molecule has 2 N–H and O–H groups in total. The van der Waals surface area contributed by atoms with Crippen LogP contribution in [0.25, 0.3) is 27.9 Å². The maximum atomic E-state index is 4.39. The molecule has 4 aromatic heterocycles. The summed E-state index contributed by atoms with van der Waals surface area (Å²) in [4.78, 5) is 10.1. The molecule has 5 heterocycles.